The maximum absolute atomic E-state index is 12.9. The number of nitrogen functional groups attached to an aromatic ring is 1. The fourth-order valence-corrected chi connectivity index (χ4v) is 3.20. The predicted molar refractivity (Wildman–Crippen MR) is 69.0 cm³/mol. The van der Waals surface area contributed by atoms with Gasteiger partial charge in [-0.2, -0.15) is 13.2 Å². The zero-order valence-corrected chi connectivity index (χ0v) is 11.1. The van der Waals surface area contributed by atoms with Crippen molar-refractivity contribution in [3.8, 4) is 0 Å². The number of hydrogen-bond donors (Lipinski definition) is 1. The van der Waals surface area contributed by atoms with Gasteiger partial charge < -0.3 is 5.73 Å². The molecule has 0 aliphatic carbocycles. The first-order chi connectivity index (χ1) is 8.86. The molecule has 0 saturated carbocycles. The fraction of sp³-hybridized carbons (Fsp3) is 0.500. The molecule has 19 heavy (non-hydrogen) atoms. The van der Waals surface area contributed by atoms with Gasteiger partial charge in [-0.15, -0.1) is 0 Å². The van der Waals surface area contributed by atoms with Gasteiger partial charge in [0.05, 0.1) is 5.56 Å². The molecule has 0 radical (unpaired) electrons. The summed E-state index contributed by atoms with van der Waals surface area (Å²) in [6, 6.07) is 3.87. The third kappa shape index (κ3) is 3.70. The van der Waals surface area contributed by atoms with Gasteiger partial charge in [0.2, 0.25) is 0 Å². The Labute approximate surface area is 112 Å². The highest BCUT2D eigenvalue weighted by atomic mass is 32.2. The average Bonchev–Trinajstić information content (AvgIpc) is 2.33. The Bertz CT molecular complexity index is 480. The Balaban J connectivity index is 2.18. The van der Waals surface area contributed by atoms with Gasteiger partial charge >= 0.3 is 6.18 Å². The number of alkyl halides is 3. The Morgan fingerprint density at radius 1 is 1.26 bits per heavy atom. The van der Waals surface area contributed by atoms with E-state index in [1.54, 1.807) is 0 Å². The second kappa shape index (κ2) is 5.50. The molecule has 1 fully saturated rings. The number of hydrogen-bond acceptors (Lipinski definition) is 3. The summed E-state index contributed by atoms with van der Waals surface area (Å²) in [7, 11) is -0.829. The van der Waals surface area contributed by atoms with E-state index in [4.69, 9.17) is 5.73 Å². The second-order valence-corrected chi connectivity index (χ2v) is 6.23. The van der Waals surface area contributed by atoms with E-state index in [9.17, 15) is 17.4 Å². The summed E-state index contributed by atoms with van der Waals surface area (Å²) in [6.45, 7) is 1.34. The smallest absolute Gasteiger partial charge is 0.399 e. The van der Waals surface area contributed by atoms with Gasteiger partial charge in [0.25, 0.3) is 0 Å². The lowest BCUT2D eigenvalue weighted by Gasteiger charge is -2.27. The molecule has 0 atom stereocenters. The molecular weight excluding hydrogens is 277 g/mol. The van der Waals surface area contributed by atoms with E-state index >= 15 is 0 Å². The van der Waals surface area contributed by atoms with E-state index in [0.29, 0.717) is 24.6 Å². The van der Waals surface area contributed by atoms with Crippen molar-refractivity contribution in [2.45, 2.75) is 12.7 Å². The summed E-state index contributed by atoms with van der Waals surface area (Å²) in [6.07, 6.45) is -4.40. The van der Waals surface area contributed by atoms with Crippen LogP contribution in [-0.2, 0) is 23.5 Å². The van der Waals surface area contributed by atoms with Crippen molar-refractivity contribution in [2.24, 2.45) is 0 Å². The first-order valence-corrected chi connectivity index (χ1v) is 7.38. The van der Waals surface area contributed by atoms with Crippen molar-refractivity contribution in [3.05, 3.63) is 29.3 Å². The minimum Gasteiger partial charge on any atom is -0.399 e. The molecule has 2 N–H and O–H groups in total. The third-order valence-electron chi connectivity index (χ3n) is 3.10. The molecule has 0 aromatic heterocycles. The predicted octanol–water partition coefficient (Wildman–Crippen LogP) is 1.85. The number of halogens is 3. The first-order valence-electron chi connectivity index (χ1n) is 5.89. The molecule has 1 aliphatic rings. The summed E-state index contributed by atoms with van der Waals surface area (Å²) < 4.78 is 50.0. The van der Waals surface area contributed by atoms with Crippen LogP contribution in [0.3, 0.4) is 0 Å². The molecule has 0 spiro atoms. The largest absolute Gasteiger partial charge is 0.416 e. The van der Waals surface area contributed by atoms with Gasteiger partial charge in [-0.3, -0.25) is 9.11 Å². The van der Waals surface area contributed by atoms with Crippen molar-refractivity contribution in [2.75, 3.05) is 30.3 Å². The number of benzene rings is 1. The molecule has 3 nitrogen and oxygen atoms in total. The standard InChI is InChI=1S/C12H15F3N2OS/c13-12(14,15)11-7-10(16)2-1-9(11)8-17-3-5-19(18)6-4-17/h1-2,7H,3-6,8,16H2. The van der Waals surface area contributed by atoms with E-state index in [0.717, 1.165) is 6.07 Å². The highest BCUT2D eigenvalue weighted by Crippen LogP contribution is 2.33. The van der Waals surface area contributed by atoms with Crippen LogP contribution in [-0.4, -0.2) is 33.7 Å². The molecular formula is C12H15F3N2OS. The number of rotatable bonds is 2. The Kier molecular flexibility index (Phi) is 4.15. The summed E-state index contributed by atoms with van der Waals surface area (Å²) in [4.78, 5) is 1.89. The zero-order chi connectivity index (χ0) is 14.0. The van der Waals surface area contributed by atoms with Crippen molar-refractivity contribution in [1.82, 2.24) is 4.90 Å². The van der Waals surface area contributed by atoms with Crippen LogP contribution in [0.15, 0.2) is 18.2 Å². The molecule has 0 bridgehead atoms. The van der Waals surface area contributed by atoms with Gasteiger partial charge in [0, 0.05) is 47.6 Å². The highest BCUT2D eigenvalue weighted by molar-refractivity contribution is 7.85. The summed E-state index contributed by atoms with van der Waals surface area (Å²) in [5.74, 6) is 1.05. The van der Waals surface area contributed by atoms with Crippen LogP contribution in [0.25, 0.3) is 0 Å². The van der Waals surface area contributed by atoms with Crippen molar-refractivity contribution < 1.29 is 17.4 Å². The minimum absolute atomic E-state index is 0.107. The molecule has 7 heteroatoms. The van der Waals surface area contributed by atoms with E-state index < -0.39 is 22.5 Å². The molecule has 1 aromatic rings. The van der Waals surface area contributed by atoms with Crippen molar-refractivity contribution in [1.29, 1.82) is 0 Å². The highest BCUT2D eigenvalue weighted by Gasteiger charge is 2.34. The van der Waals surface area contributed by atoms with Gasteiger partial charge in [0.15, 0.2) is 0 Å². The molecule has 1 aromatic carbocycles. The van der Waals surface area contributed by atoms with Crippen LogP contribution in [0.4, 0.5) is 18.9 Å². The first kappa shape index (κ1) is 14.3. The Hall–Kier alpha value is -1.08. The second-order valence-electron chi connectivity index (χ2n) is 4.54. The molecule has 1 aliphatic heterocycles. The molecule has 106 valence electrons. The normalized spacial score (nSPS) is 18.7. The van der Waals surface area contributed by atoms with E-state index in [1.807, 2.05) is 4.90 Å². The zero-order valence-electron chi connectivity index (χ0n) is 10.2. The molecule has 1 saturated heterocycles. The maximum atomic E-state index is 12.9. The molecule has 0 unspecified atom stereocenters. The van der Waals surface area contributed by atoms with Crippen LogP contribution in [0.2, 0.25) is 0 Å². The summed E-state index contributed by atoms with van der Waals surface area (Å²) in [5, 5.41) is 0. The van der Waals surface area contributed by atoms with Gasteiger partial charge in [-0.1, -0.05) is 6.07 Å². The molecule has 2 rings (SSSR count). The fourth-order valence-electron chi connectivity index (χ4n) is 2.07. The number of nitrogens with zero attached hydrogens (tertiary/aromatic N) is 1. The lowest BCUT2D eigenvalue weighted by atomic mass is 10.1. The van der Waals surface area contributed by atoms with Crippen LogP contribution in [0.5, 0.6) is 0 Å². The lowest BCUT2D eigenvalue weighted by Crippen LogP contribution is -2.37. The van der Waals surface area contributed by atoms with Crippen LogP contribution in [0.1, 0.15) is 11.1 Å². The van der Waals surface area contributed by atoms with E-state index in [1.165, 1.54) is 12.1 Å². The Morgan fingerprint density at radius 2 is 1.89 bits per heavy atom. The van der Waals surface area contributed by atoms with Crippen LogP contribution < -0.4 is 5.73 Å². The SMILES string of the molecule is Nc1ccc(CN2CCS(=O)CC2)c(C(F)(F)F)c1. The topological polar surface area (TPSA) is 46.3 Å². The summed E-state index contributed by atoms with van der Waals surface area (Å²) >= 11 is 0. The van der Waals surface area contributed by atoms with Crippen LogP contribution in [0, 0.1) is 0 Å². The summed E-state index contributed by atoms with van der Waals surface area (Å²) in [5.41, 5.74) is 5.06. The van der Waals surface area contributed by atoms with Crippen molar-refractivity contribution >= 4 is 16.5 Å². The molecule has 0 amide bonds. The van der Waals surface area contributed by atoms with Gasteiger partial charge in [0.1, 0.15) is 0 Å². The molecule has 1 heterocycles. The van der Waals surface area contributed by atoms with Gasteiger partial charge in [-0.25, -0.2) is 0 Å². The van der Waals surface area contributed by atoms with E-state index in [2.05, 4.69) is 0 Å². The van der Waals surface area contributed by atoms with Gasteiger partial charge in [-0.05, 0) is 17.7 Å². The minimum atomic E-state index is -4.40. The average molecular weight is 292 g/mol. The quantitative estimate of drug-likeness (QED) is 0.846. The third-order valence-corrected chi connectivity index (χ3v) is 4.38. The lowest BCUT2D eigenvalue weighted by molar-refractivity contribution is -0.138. The number of anilines is 1. The van der Waals surface area contributed by atoms with Crippen LogP contribution >= 0.6 is 0 Å². The number of nitrogens with two attached hydrogens (primary N) is 1. The Morgan fingerprint density at radius 3 is 2.47 bits per heavy atom. The maximum Gasteiger partial charge on any atom is 0.416 e. The van der Waals surface area contributed by atoms with E-state index in [-0.39, 0.29) is 17.8 Å². The monoisotopic (exact) mass is 292 g/mol. The van der Waals surface area contributed by atoms with Crippen molar-refractivity contribution in [3.63, 3.8) is 0 Å².